The highest BCUT2D eigenvalue weighted by Crippen LogP contribution is 2.21. The highest BCUT2D eigenvalue weighted by atomic mass is 16.8. The lowest BCUT2D eigenvalue weighted by atomic mass is 10.4. The van der Waals surface area contributed by atoms with Crippen LogP contribution in [0.1, 0.15) is 13.8 Å². The SMILES string of the molecule is CC1(C)OCC(COn2cnc3c(=O)[nH]c(N)nc32)O1. The third-order valence-corrected chi connectivity index (χ3v) is 2.86. The third kappa shape index (κ3) is 2.32. The molecule has 1 aliphatic rings. The van der Waals surface area contributed by atoms with Crippen molar-refractivity contribution in [3.05, 3.63) is 16.7 Å². The number of aromatic amines is 1. The van der Waals surface area contributed by atoms with Crippen LogP contribution in [0, 0.1) is 0 Å². The minimum absolute atomic E-state index is 0.00873. The van der Waals surface area contributed by atoms with Gasteiger partial charge in [0.05, 0.1) is 6.61 Å². The lowest BCUT2D eigenvalue weighted by Crippen LogP contribution is -2.28. The number of ether oxygens (including phenoxy) is 2. The molecule has 20 heavy (non-hydrogen) atoms. The van der Waals surface area contributed by atoms with Gasteiger partial charge in [0.15, 0.2) is 11.3 Å². The van der Waals surface area contributed by atoms with Crippen LogP contribution in [0.4, 0.5) is 5.95 Å². The first-order valence-electron chi connectivity index (χ1n) is 6.12. The van der Waals surface area contributed by atoms with E-state index in [9.17, 15) is 4.79 Å². The van der Waals surface area contributed by atoms with Crippen molar-refractivity contribution in [2.75, 3.05) is 18.9 Å². The van der Waals surface area contributed by atoms with Gasteiger partial charge in [-0.15, -0.1) is 0 Å². The van der Waals surface area contributed by atoms with E-state index in [4.69, 9.17) is 20.0 Å². The van der Waals surface area contributed by atoms with Gasteiger partial charge in [0, 0.05) is 0 Å². The molecule has 9 heteroatoms. The average Bonchev–Trinajstić information content (AvgIpc) is 2.90. The molecule has 1 fully saturated rings. The van der Waals surface area contributed by atoms with Gasteiger partial charge in [-0.3, -0.25) is 9.78 Å². The Kier molecular flexibility index (Phi) is 2.87. The summed E-state index contributed by atoms with van der Waals surface area (Å²) in [5, 5.41) is 0. The van der Waals surface area contributed by atoms with Crippen LogP contribution >= 0.6 is 0 Å². The highest BCUT2D eigenvalue weighted by Gasteiger charge is 2.33. The van der Waals surface area contributed by atoms with Crippen molar-refractivity contribution in [2.24, 2.45) is 0 Å². The van der Waals surface area contributed by atoms with Crippen LogP contribution in [0.25, 0.3) is 11.2 Å². The second-order valence-corrected chi connectivity index (χ2v) is 4.94. The summed E-state index contributed by atoms with van der Waals surface area (Å²) in [6.07, 6.45) is 1.18. The molecule has 1 unspecified atom stereocenters. The van der Waals surface area contributed by atoms with E-state index in [2.05, 4.69) is 15.0 Å². The number of nitrogens with two attached hydrogens (primary N) is 1. The molecule has 2 aromatic heterocycles. The molecule has 0 radical (unpaired) electrons. The van der Waals surface area contributed by atoms with Gasteiger partial charge in [0.25, 0.3) is 5.56 Å². The summed E-state index contributed by atoms with van der Waals surface area (Å²) in [6, 6.07) is 0. The van der Waals surface area contributed by atoms with E-state index in [1.165, 1.54) is 11.1 Å². The Balaban J connectivity index is 1.77. The molecule has 0 aliphatic carbocycles. The first kappa shape index (κ1) is 12.9. The molecule has 9 nitrogen and oxygen atoms in total. The van der Waals surface area contributed by atoms with Crippen molar-refractivity contribution in [3.63, 3.8) is 0 Å². The molecule has 3 rings (SSSR count). The number of nitrogens with one attached hydrogen (secondary N) is 1. The second-order valence-electron chi connectivity index (χ2n) is 4.94. The number of anilines is 1. The van der Waals surface area contributed by atoms with Crippen LogP contribution < -0.4 is 16.1 Å². The zero-order valence-corrected chi connectivity index (χ0v) is 11.1. The number of imidazole rings is 1. The molecule has 0 saturated carbocycles. The molecule has 1 atom stereocenters. The monoisotopic (exact) mass is 281 g/mol. The fourth-order valence-electron chi connectivity index (χ4n) is 2.01. The smallest absolute Gasteiger partial charge is 0.280 e. The van der Waals surface area contributed by atoms with Crippen molar-refractivity contribution in [1.29, 1.82) is 0 Å². The minimum Gasteiger partial charge on any atom is -0.408 e. The minimum atomic E-state index is -0.606. The van der Waals surface area contributed by atoms with Crippen LogP contribution in [-0.2, 0) is 9.47 Å². The molecular formula is C11H15N5O4. The molecule has 0 aromatic carbocycles. The summed E-state index contributed by atoms with van der Waals surface area (Å²) in [7, 11) is 0. The van der Waals surface area contributed by atoms with Crippen LogP contribution in [0.5, 0.6) is 0 Å². The number of nitrogen functional groups attached to an aromatic ring is 1. The van der Waals surface area contributed by atoms with E-state index in [-0.39, 0.29) is 29.8 Å². The van der Waals surface area contributed by atoms with Crippen molar-refractivity contribution < 1.29 is 14.3 Å². The number of hydrogen-bond acceptors (Lipinski definition) is 7. The van der Waals surface area contributed by atoms with Crippen molar-refractivity contribution in [2.45, 2.75) is 25.7 Å². The van der Waals surface area contributed by atoms with Crippen LogP contribution in [0.15, 0.2) is 11.1 Å². The largest absolute Gasteiger partial charge is 0.408 e. The molecule has 2 aromatic rings. The Bertz CT molecular complexity index is 692. The fraction of sp³-hybridized carbons (Fsp3) is 0.545. The Hall–Kier alpha value is -2.13. The molecule has 3 heterocycles. The molecule has 1 aliphatic heterocycles. The maximum absolute atomic E-state index is 11.6. The lowest BCUT2D eigenvalue weighted by molar-refractivity contribution is -0.145. The third-order valence-electron chi connectivity index (χ3n) is 2.86. The summed E-state index contributed by atoms with van der Waals surface area (Å²) < 4.78 is 12.3. The van der Waals surface area contributed by atoms with Gasteiger partial charge < -0.3 is 20.0 Å². The molecular weight excluding hydrogens is 266 g/mol. The van der Waals surface area contributed by atoms with E-state index < -0.39 is 11.3 Å². The van der Waals surface area contributed by atoms with E-state index in [1.807, 2.05) is 13.8 Å². The first-order chi connectivity index (χ1) is 9.44. The maximum atomic E-state index is 11.6. The van der Waals surface area contributed by atoms with Gasteiger partial charge in [-0.2, -0.15) is 9.71 Å². The Morgan fingerprint density at radius 3 is 3.15 bits per heavy atom. The van der Waals surface area contributed by atoms with E-state index >= 15 is 0 Å². The summed E-state index contributed by atoms with van der Waals surface area (Å²) in [5.41, 5.74) is 5.53. The molecule has 3 N–H and O–H groups in total. The van der Waals surface area contributed by atoms with Gasteiger partial charge in [-0.25, -0.2) is 4.98 Å². The summed E-state index contributed by atoms with van der Waals surface area (Å²) in [4.78, 5) is 27.4. The summed E-state index contributed by atoms with van der Waals surface area (Å²) in [6.45, 7) is 4.36. The standard InChI is InChI=1S/C11H15N5O4/c1-11(2)18-3-6(20-11)4-19-16-5-13-7-8(16)14-10(12)15-9(7)17/h5-6H,3-4H2,1-2H3,(H3,12,14,15,17). The van der Waals surface area contributed by atoms with Gasteiger partial charge in [0.2, 0.25) is 11.6 Å². The number of nitrogens with zero attached hydrogens (tertiary/aromatic N) is 3. The van der Waals surface area contributed by atoms with Crippen molar-refractivity contribution in [1.82, 2.24) is 19.7 Å². The second kappa shape index (κ2) is 4.46. The number of hydrogen-bond donors (Lipinski definition) is 2. The van der Waals surface area contributed by atoms with Gasteiger partial charge in [0.1, 0.15) is 19.0 Å². The molecule has 0 amide bonds. The number of rotatable bonds is 3. The predicted molar refractivity (Wildman–Crippen MR) is 68.9 cm³/mol. The zero-order chi connectivity index (χ0) is 14.3. The summed E-state index contributed by atoms with van der Waals surface area (Å²) in [5.74, 6) is -0.598. The normalized spacial score (nSPS) is 21.4. The number of fused-ring (bicyclic) bond motifs is 1. The predicted octanol–water partition coefficient (Wildman–Crippen LogP) is -0.718. The Morgan fingerprint density at radius 1 is 1.65 bits per heavy atom. The van der Waals surface area contributed by atoms with E-state index in [0.717, 1.165) is 0 Å². The Morgan fingerprint density at radius 2 is 2.45 bits per heavy atom. The van der Waals surface area contributed by atoms with Crippen LogP contribution in [-0.4, -0.2) is 44.8 Å². The Labute approximate surface area is 113 Å². The van der Waals surface area contributed by atoms with Crippen LogP contribution in [0.2, 0.25) is 0 Å². The highest BCUT2D eigenvalue weighted by molar-refractivity contribution is 5.69. The van der Waals surface area contributed by atoms with E-state index in [0.29, 0.717) is 6.61 Å². The van der Waals surface area contributed by atoms with Crippen LogP contribution in [0.3, 0.4) is 0 Å². The molecule has 108 valence electrons. The lowest BCUT2D eigenvalue weighted by Gasteiger charge is -2.17. The van der Waals surface area contributed by atoms with Crippen molar-refractivity contribution in [3.8, 4) is 0 Å². The van der Waals surface area contributed by atoms with E-state index in [1.54, 1.807) is 0 Å². The molecule has 0 bridgehead atoms. The first-order valence-corrected chi connectivity index (χ1v) is 6.12. The van der Waals surface area contributed by atoms with Gasteiger partial charge in [-0.05, 0) is 13.8 Å². The fourth-order valence-corrected chi connectivity index (χ4v) is 2.01. The topological polar surface area (TPSA) is 117 Å². The maximum Gasteiger partial charge on any atom is 0.280 e. The van der Waals surface area contributed by atoms with Crippen molar-refractivity contribution >= 4 is 17.1 Å². The quantitative estimate of drug-likeness (QED) is 0.762. The number of aromatic nitrogens is 4. The molecule has 1 saturated heterocycles. The van der Waals surface area contributed by atoms with Gasteiger partial charge in [-0.1, -0.05) is 0 Å². The molecule has 0 spiro atoms. The summed E-state index contributed by atoms with van der Waals surface area (Å²) >= 11 is 0. The van der Waals surface area contributed by atoms with Gasteiger partial charge >= 0.3 is 0 Å². The average molecular weight is 281 g/mol. The zero-order valence-electron chi connectivity index (χ0n) is 11.1. The number of H-pyrrole nitrogens is 1.